The zero-order chi connectivity index (χ0) is 17.5. The van der Waals surface area contributed by atoms with Gasteiger partial charge in [-0.1, -0.05) is 5.16 Å². The summed E-state index contributed by atoms with van der Waals surface area (Å²) in [7, 11) is 6.06. The van der Waals surface area contributed by atoms with Crippen molar-refractivity contribution in [3.05, 3.63) is 24.0 Å². The summed E-state index contributed by atoms with van der Waals surface area (Å²) in [6.07, 6.45) is 2.77. The molecule has 0 aliphatic heterocycles. The first-order valence-electron chi connectivity index (χ1n) is 6.88. The third-order valence-corrected chi connectivity index (χ3v) is 3.13. The van der Waals surface area contributed by atoms with E-state index in [2.05, 4.69) is 25.3 Å². The summed E-state index contributed by atoms with van der Waals surface area (Å²) in [5.74, 6) is 2.23. The molecule has 0 aliphatic carbocycles. The van der Waals surface area contributed by atoms with Gasteiger partial charge in [0.15, 0.2) is 11.5 Å². The lowest BCUT2D eigenvalue weighted by Crippen LogP contribution is -2.05. The molecular weight excluding hydrogens is 314 g/mol. The van der Waals surface area contributed by atoms with E-state index < -0.39 is 0 Å². The Bertz CT molecular complexity index is 711. The molecular formula is C15H19N5O4. The van der Waals surface area contributed by atoms with Crippen LogP contribution in [0.2, 0.25) is 0 Å². The van der Waals surface area contributed by atoms with Gasteiger partial charge < -0.3 is 30.1 Å². The van der Waals surface area contributed by atoms with Gasteiger partial charge in [-0.25, -0.2) is 9.97 Å². The van der Waals surface area contributed by atoms with E-state index in [-0.39, 0.29) is 5.82 Å². The molecule has 3 N–H and O–H groups in total. The average molecular weight is 333 g/mol. The normalized spacial score (nSPS) is 10.5. The van der Waals surface area contributed by atoms with Crippen LogP contribution in [0.1, 0.15) is 5.56 Å². The van der Waals surface area contributed by atoms with Crippen LogP contribution in [0, 0.1) is 0 Å². The summed E-state index contributed by atoms with van der Waals surface area (Å²) in [5, 5.41) is 6.84. The molecule has 0 bridgehead atoms. The largest absolute Gasteiger partial charge is 0.493 e. The van der Waals surface area contributed by atoms with Crippen LogP contribution in [0.25, 0.3) is 0 Å². The second-order valence-corrected chi connectivity index (χ2v) is 4.48. The molecule has 2 rings (SSSR count). The van der Waals surface area contributed by atoms with Crippen molar-refractivity contribution in [1.82, 2.24) is 9.97 Å². The van der Waals surface area contributed by atoms with Crippen molar-refractivity contribution in [2.24, 2.45) is 5.16 Å². The predicted molar refractivity (Wildman–Crippen MR) is 90.4 cm³/mol. The van der Waals surface area contributed by atoms with Gasteiger partial charge in [0.25, 0.3) is 0 Å². The number of nitrogens with two attached hydrogens (primary N) is 1. The van der Waals surface area contributed by atoms with Crippen LogP contribution >= 0.6 is 0 Å². The van der Waals surface area contributed by atoms with Crippen LogP contribution in [0.3, 0.4) is 0 Å². The highest BCUT2D eigenvalue weighted by Gasteiger charge is 2.15. The number of oxime groups is 1. The Balaban J connectivity index is 2.45. The number of benzene rings is 1. The maximum Gasteiger partial charge on any atom is 0.203 e. The number of ether oxygens (including phenoxy) is 3. The highest BCUT2D eigenvalue weighted by molar-refractivity contribution is 5.92. The van der Waals surface area contributed by atoms with Crippen LogP contribution in [0.15, 0.2) is 23.6 Å². The predicted octanol–water partition coefficient (Wildman–Crippen LogP) is 1.81. The highest BCUT2D eigenvalue weighted by Crippen LogP contribution is 2.40. The molecule has 128 valence electrons. The summed E-state index contributed by atoms with van der Waals surface area (Å²) < 4.78 is 16.0. The summed E-state index contributed by atoms with van der Waals surface area (Å²) in [6.45, 7) is 0. The molecule has 2 aromatic rings. The number of methoxy groups -OCH3 is 3. The standard InChI is InChI=1S/C15H19N5O4/c1-21-11-5-9(6-12(22-2)13(11)23-3)20-15-10(7-19-24-4)14(16)17-8-18-15/h5-8H,1-4H3,(H3,16,17,18,20). The molecule has 1 aromatic heterocycles. The molecule has 0 radical (unpaired) electrons. The topological polar surface area (TPSA) is 113 Å². The Morgan fingerprint density at radius 1 is 1.04 bits per heavy atom. The lowest BCUT2D eigenvalue weighted by Gasteiger charge is -2.15. The van der Waals surface area contributed by atoms with Gasteiger partial charge in [0, 0.05) is 17.8 Å². The molecule has 0 fully saturated rings. The Labute approximate surface area is 139 Å². The van der Waals surface area contributed by atoms with Crippen molar-refractivity contribution in [3.8, 4) is 17.2 Å². The van der Waals surface area contributed by atoms with Crippen LogP contribution in [-0.4, -0.2) is 44.6 Å². The molecule has 0 unspecified atom stereocenters. The first-order valence-corrected chi connectivity index (χ1v) is 6.88. The zero-order valence-electron chi connectivity index (χ0n) is 13.9. The van der Waals surface area contributed by atoms with E-state index in [0.29, 0.717) is 34.3 Å². The van der Waals surface area contributed by atoms with Crippen molar-refractivity contribution in [2.75, 3.05) is 39.5 Å². The van der Waals surface area contributed by atoms with E-state index in [4.69, 9.17) is 19.9 Å². The summed E-state index contributed by atoms with van der Waals surface area (Å²) in [4.78, 5) is 12.8. The molecule has 1 heterocycles. The van der Waals surface area contributed by atoms with Gasteiger partial charge in [0.1, 0.15) is 25.1 Å². The number of nitrogen functional groups attached to an aromatic ring is 1. The van der Waals surface area contributed by atoms with Gasteiger partial charge in [-0.3, -0.25) is 0 Å². The number of hydrogen-bond acceptors (Lipinski definition) is 9. The molecule has 0 saturated carbocycles. The molecule has 0 aliphatic rings. The Kier molecular flexibility index (Phi) is 5.61. The van der Waals surface area contributed by atoms with Crippen molar-refractivity contribution >= 4 is 23.5 Å². The van der Waals surface area contributed by atoms with Gasteiger partial charge in [-0.2, -0.15) is 0 Å². The van der Waals surface area contributed by atoms with Gasteiger partial charge >= 0.3 is 0 Å². The Hall–Kier alpha value is -3.23. The molecule has 9 heteroatoms. The van der Waals surface area contributed by atoms with E-state index in [1.165, 1.54) is 26.8 Å². The van der Waals surface area contributed by atoms with Crippen LogP contribution in [0.4, 0.5) is 17.3 Å². The van der Waals surface area contributed by atoms with Crippen LogP contribution < -0.4 is 25.3 Å². The molecule has 0 amide bonds. The summed E-state index contributed by atoms with van der Waals surface area (Å²) in [5.41, 5.74) is 7.02. The third kappa shape index (κ3) is 3.57. The summed E-state index contributed by atoms with van der Waals surface area (Å²) in [6, 6.07) is 3.49. The van der Waals surface area contributed by atoms with Gasteiger partial charge in [0.05, 0.1) is 33.1 Å². The minimum atomic E-state index is 0.265. The molecule has 0 atom stereocenters. The average Bonchev–Trinajstić information content (AvgIpc) is 2.60. The number of rotatable bonds is 7. The number of nitrogens with zero attached hydrogens (tertiary/aromatic N) is 3. The van der Waals surface area contributed by atoms with Crippen LogP contribution in [0.5, 0.6) is 17.2 Å². The fourth-order valence-electron chi connectivity index (χ4n) is 2.03. The Morgan fingerprint density at radius 2 is 1.71 bits per heavy atom. The molecule has 0 saturated heterocycles. The van der Waals surface area contributed by atoms with Crippen LogP contribution in [-0.2, 0) is 4.84 Å². The molecule has 1 aromatic carbocycles. The highest BCUT2D eigenvalue weighted by atomic mass is 16.6. The smallest absolute Gasteiger partial charge is 0.203 e. The second-order valence-electron chi connectivity index (χ2n) is 4.48. The van der Waals surface area contributed by atoms with E-state index in [1.54, 1.807) is 26.4 Å². The lowest BCUT2D eigenvalue weighted by atomic mass is 10.2. The Morgan fingerprint density at radius 3 is 2.25 bits per heavy atom. The minimum absolute atomic E-state index is 0.265. The lowest BCUT2D eigenvalue weighted by molar-refractivity contribution is 0.215. The van der Waals surface area contributed by atoms with E-state index in [1.807, 2.05) is 0 Å². The van der Waals surface area contributed by atoms with E-state index in [0.717, 1.165) is 0 Å². The number of anilines is 3. The SMILES string of the molecule is CON=Cc1c(N)ncnc1Nc1cc(OC)c(OC)c(OC)c1. The van der Waals surface area contributed by atoms with Crippen molar-refractivity contribution in [2.45, 2.75) is 0 Å². The van der Waals surface area contributed by atoms with Crippen molar-refractivity contribution in [3.63, 3.8) is 0 Å². The molecule has 9 nitrogen and oxygen atoms in total. The maximum absolute atomic E-state index is 5.87. The minimum Gasteiger partial charge on any atom is -0.493 e. The number of nitrogens with one attached hydrogen (secondary N) is 1. The van der Waals surface area contributed by atoms with E-state index in [9.17, 15) is 0 Å². The van der Waals surface area contributed by atoms with Gasteiger partial charge in [-0.15, -0.1) is 0 Å². The second kappa shape index (κ2) is 7.86. The van der Waals surface area contributed by atoms with Crippen molar-refractivity contribution in [1.29, 1.82) is 0 Å². The van der Waals surface area contributed by atoms with E-state index >= 15 is 0 Å². The fraction of sp³-hybridized carbons (Fsp3) is 0.267. The molecule has 24 heavy (non-hydrogen) atoms. The quantitative estimate of drug-likeness (QED) is 0.582. The van der Waals surface area contributed by atoms with Gasteiger partial charge in [0.2, 0.25) is 5.75 Å². The summed E-state index contributed by atoms with van der Waals surface area (Å²) >= 11 is 0. The third-order valence-electron chi connectivity index (χ3n) is 3.13. The molecule has 0 spiro atoms. The van der Waals surface area contributed by atoms with Gasteiger partial charge in [-0.05, 0) is 0 Å². The zero-order valence-corrected chi connectivity index (χ0v) is 13.9. The number of hydrogen-bond donors (Lipinski definition) is 2. The first kappa shape index (κ1) is 17.1. The monoisotopic (exact) mass is 333 g/mol. The first-order chi connectivity index (χ1) is 11.6. The van der Waals surface area contributed by atoms with Crippen molar-refractivity contribution < 1.29 is 19.0 Å². The fourth-order valence-corrected chi connectivity index (χ4v) is 2.03. The number of aromatic nitrogens is 2. The maximum atomic E-state index is 5.87.